The predicted octanol–water partition coefficient (Wildman–Crippen LogP) is 2.82. The maximum absolute atomic E-state index is 14.1. The van der Waals surface area contributed by atoms with E-state index in [1.54, 1.807) is 0 Å². The third-order valence-electron chi connectivity index (χ3n) is 4.11. The molecule has 1 aliphatic carbocycles. The molecule has 0 aromatic heterocycles. The van der Waals surface area contributed by atoms with E-state index in [4.69, 9.17) is 15.2 Å². The lowest BCUT2D eigenvalue weighted by Gasteiger charge is -2.25. The first-order valence-electron chi connectivity index (χ1n) is 6.93. The average molecular weight is 320 g/mol. The molecule has 2 atom stereocenters. The van der Waals surface area contributed by atoms with Gasteiger partial charge in [0.2, 0.25) is 0 Å². The second kappa shape index (κ2) is 7.82. The summed E-state index contributed by atoms with van der Waals surface area (Å²) in [7, 11) is 2.93. The number of ether oxygens (including phenoxy) is 2. The van der Waals surface area contributed by atoms with Gasteiger partial charge in [0.15, 0.2) is 11.5 Å². The van der Waals surface area contributed by atoms with Crippen molar-refractivity contribution in [2.45, 2.75) is 37.8 Å². The zero-order valence-corrected chi connectivity index (χ0v) is 13.2. The smallest absolute Gasteiger partial charge is 0.163 e. The second-order valence-corrected chi connectivity index (χ2v) is 5.29. The van der Waals surface area contributed by atoms with Crippen molar-refractivity contribution in [2.24, 2.45) is 11.7 Å². The summed E-state index contributed by atoms with van der Waals surface area (Å²) >= 11 is 0. The van der Waals surface area contributed by atoms with Crippen molar-refractivity contribution in [3.63, 3.8) is 0 Å². The first kappa shape index (κ1) is 18.0. The highest BCUT2D eigenvalue weighted by Gasteiger charge is 2.30. The largest absolute Gasteiger partial charge is 0.493 e. The molecule has 1 aliphatic rings. The maximum atomic E-state index is 14.1. The lowest BCUT2D eigenvalue weighted by molar-refractivity contribution is 0.0831. The standard InChI is InChI=1S/C15H22FNO3.ClH/c1-19-12-7-10(11(16)8-13(12)20-2)14(17)15(18)9-5-3-4-6-9;/h7-9,14-15,18H,3-6,17H2,1-2H3;1H/t14-,15+;/m1./s1. The SMILES string of the molecule is COc1cc(F)c([C@@H](N)[C@@H](O)C2CCCC2)cc1OC.Cl. The van der Waals surface area contributed by atoms with Crippen molar-refractivity contribution >= 4 is 12.4 Å². The molecule has 2 rings (SSSR count). The fourth-order valence-electron chi connectivity index (χ4n) is 2.90. The zero-order valence-electron chi connectivity index (χ0n) is 12.3. The van der Waals surface area contributed by atoms with Gasteiger partial charge in [-0.2, -0.15) is 0 Å². The molecule has 0 spiro atoms. The molecule has 21 heavy (non-hydrogen) atoms. The Morgan fingerprint density at radius 3 is 2.24 bits per heavy atom. The summed E-state index contributed by atoms with van der Waals surface area (Å²) in [6, 6.07) is 2.00. The average Bonchev–Trinajstić information content (AvgIpc) is 2.99. The monoisotopic (exact) mass is 319 g/mol. The number of hydrogen-bond acceptors (Lipinski definition) is 4. The number of nitrogens with two attached hydrogens (primary N) is 1. The molecule has 0 unspecified atom stereocenters. The predicted molar refractivity (Wildman–Crippen MR) is 81.6 cm³/mol. The Morgan fingerprint density at radius 1 is 1.19 bits per heavy atom. The summed E-state index contributed by atoms with van der Waals surface area (Å²) in [5, 5.41) is 10.3. The fraction of sp³-hybridized carbons (Fsp3) is 0.600. The van der Waals surface area contributed by atoms with Gasteiger partial charge in [0, 0.05) is 11.6 Å². The highest BCUT2D eigenvalue weighted by atomic mass is 35.5. The van der Waals surface area contributed by atoms with E-state index >= 15 is 0 Å². The van der Waals surface area contributed by atoms with Gasteiger partial charge in [-0.3, -0.25) is 0 Å². The third kappa shape index (κ3) is 3.78. The second-order valence-electron chi connectivity index (χ2n) is 5.29. The highest BCUT2D eigenvalue weighted by molar-refractivity contribution is 5.85. The van der Waals surface area contributed by atoms with Crippen LogP contribution in [0.15, 0.2) is 12.1 Å². The van der Waals surface area contributed by atoms with Crippen LogP contribution in [0.2, 0.25) is 0 Å². The van der Waals surface area contributed by atoms with Gasteiger partial charge < -0.3 is 20.3 Å². The minimum Gasteiger partial charge on any atom is -0.493 e. The molecular formula is C15H23ClFNO3. The van der Waals surface area contributed by atoms with Gasteiger partial charge in [0.25, 0.3) is 0 Å². The van der Waals surface area contributed by atoms with E-state index in [9.17, 15) is 9.50 Å². The van der Waals surface area contributed by atoms with Crippen molar-refractivity contribution in [1.82, 2.24) is 0 Å². The van der Waals surface area contributed by atoms with Crippen LogP contribution in [0.4, 0.5) is 4.39 Å². The van der Waals surface area contributed by atoms with Gasteiger partial charge in [0.1, 0.15) is 5.82 Å². The minimum atomic E-state index is -0.752. The molecule has 6 heteroatoms. The molecular weight excluding hydrogens is 297 g/mol. The molecule has 0 amide bonds. The highest BCUT2D eigenvalue weighted by Crippen LogP contribution is 2.36. The summed E-state index contributed by atoms with van der Waals surface area (Å²) in [5.41, 5.74) is 6.31. The molecule has 1 saturated carbocycles. The number of halogens is 2. The van der Waals surface area contributed by atoms with Crippen LogP contribution in [0.3, 0.4) is 0 Å². The number of hydrogen-bond donors (Lipinski definition) is 2. The van der Waals surface area contributed by atoms with Crippen molar-refractivity contribution in [2.75, 3.05) is 14.2 Å². The molecule has 0 bridgehead atoms. The van der Waals surface area contributed by atoms with Gasteiger partial charge in [-0.05, 0) is 24.8 Å². The Labute approximate surface area is 130 Å². The Bertz CT molecular complexity index is 466. The normalized spacial score (nSPS) is 18.0. The van der Waals surface area contributed by atoms with E-state index in [0.717, 1.165) is 25.7 Å². The van der Waals surface area contributed by atoms with Crippen LogP contribution >= 0.6 is 12.4 Å². The van der Waals surface area contributed by atoms with Crippen molar-refractivity contribution in [3.05, 3.63) is 23.5 Å². The zero-order chi connectivity index (χ0) is 14.7. The van der Waals surface area contributed by atoms with Crippen LogP contribution in [0.1, 0.15) is 37.3 Å². The lowest BCUT2D eigenvalue weighted by atomic mass is 9.90. The van der Waals surface area contributed by atoms with Crippen molar-refractivity contribution in [3.8, 4) is 11.5 Å². The summed E-state index contributed by atoms with van der Waals surface area (Å²) in [5.74, 6) is 0.402. The fourth-order valence-corrected chi connectivity index (χ4v) is 2.90. The van der Waals surface area contributed by atoms with Crippen LogP contribution in [-0.4, -0.2) is 25.4 Å². The molecule has 1 fully saturated rings. The number of aliphatic hydroxyl groups excluding tert-OH is 1. The molecule has 0 aliphatic heterocycles. The van der Waals surface area contributed by atoms with Crippen molar-refractivity contribution in [1.29, 1.82) is 0 Å². The van der Waals surface area contributed by atoms with Crippen molar-refractivity contribution < 1.29 is 19.0 Å². The number of methoxy groups -OCH3 is 2. The van der Waals surface area contributed by atoms with E-state index < -0.39 is 18.0 Å². The quantitative estimate of drug-likeness (QED) is 0.876. The Kier molecular flexibility index (Phi) is 6.71. The Morgan fingerprint density at radius 2 is 1.71 bits per heavy atom. The van der Waals surface area contributed by atoms with Crippen LogP contribution < -0.4 is 15.2 Å². The van der Waals surface area contributed by atoms with Crippen LogP contribution in [0.25, 0.3) is 0 Å². The number of rotatable bonds is 5. The summed E-state index contributed by atoms with van der Waals surface area (Å²) < 4.78 is 24.3. The first-order chi connectivity index (χ1) is 9.58. The molecule has 0 heterocycles. The lowest BCUT2D eigenvalue weighted by Crippen LogP contribution is -2.32. The molecule has 4 nitrogen and oxygen atoms in total. The molecule has 120 valence electrons. The molecule has 1 aromatic carbocycles. The Balaban J connectivity index is 0.00000220. The van der Waals surface area contributed by atoms with Gasteiger partial charge in [-0.1, -0.05) is 12.8 Å². The molecule has 0 radical (unpaired) electrons. The molecule has 1 aromatic rings. The van der Waals surface area contributed by atoms with Gasteiger partial charge in [-0.25, -0.2) is 4.39 Å². The van der Waals surface area contributed by atoms with Gasteiger partial charge in [-0.15, -0.1) is 12.4 Å². The molecule has 0 saturated heterocycles. The van der Waals surface area contributed by atoms with Crippen LogP contribution in [0, 0.1) is 11.7 Å². The van der Waals surface area contributed by atoms with E-state index in [1.165, 1.54) is 26.4 Å². The van der Waals surface area contributed by atoms with Crippen LogP contribution in [0.5, 0.6) is 11.5 Å². The third-order valence-corrected chi connectivity index (χ3v) is 4.11. The van der Waals surface area contributed by atoms with E-state index in [-0.39, 0.29) is 23.9 Å². The minimum absolute atomic E-state index is 0. The van der Waals surface area contributed by atoms with E-state index in [0.29, 0.717) is 11.5 Å². The first-order valence-corrected chi connectivity index (χ1v) is 6.93. The van der Waals surface area contributed by atoms with Crippen LogP contribution in [-0.2, 0) is 0 Å². The number of aliphatic hydroxyl groups is 1. The van der Waals surface area contributed by atoms with Gasteiger partial charge >= 0.3 is 0 Å². The van der Waals surface area contributed by atoms with Gasteiger partial charge in [0.05, 0.1) is 26.4 Å². The summed E-state index contributed by atoms with van der Waals surface area (Å²) in [6.45, 7) is 0. The summed E-state index contributed by atoms with van der Waals surface area (Å²) in [4.78, 5) is 0. The van der Waals surface area contributed by atoms with E-state index in [1.807, 2.05) is 0 Å². The summed E-state index contributed by atoms with van der Waals surface area (Å²) in [6.07, 6.45) is 3.37. The van der Waals surface area contributed by atoms with E-state index in [2.05, 4.69) is 0 Å². The topological polar surface area (TPSA) is 64.7 Å². The Hall–Kier alpha value is -1.04. The number of benzene rings is 1. The molecule has 3 N–H and O–H groups in total. The maximum Gasteiger partial charge on any atom is 0.163 e.